The topological polar surface area (TPSA) is 51.7 Å². The first-order valence-electron chi connectivity index (χ1n) is 10.5. The number of ether oxygens (including phenoxy) is 2. The summed E-state index contributed by atoms with van der Waals surface area (Å²) in [6, 6.07) is 16.2. The lowest BCUT2D eigenvalue weighted by Gasteiger charge is -2.28. The van der Waals surface area contributed by atoms with Gasteiger partial charge in [-0.3, -0.25) is 9.69 Å². The molecule has 1 aliphatic heterocycles. The number of esters is 1. The van der Waals surface area contributed by atoms with Gasteiger partial charge in [0.2, 0.25) is 5.88 Å². The molecule has 5 nitrogen and oxygen atoms in total. The predicted octanol–water partition coefficient (Wildman–Crippen LogP) is 5.04. The van der Waals surface area contributed by atoms with Gasteiger partial charge in [-0.1, -0.05) is 54.1 Å². The van der Waals surface area contributed by atoms with Gasteiger partial charge in [0.15, 0.2) is 0 Å². The Kier molecular flexibility index (Phi) is 7.02. The number of benzene rings is 2. The van der Waals surface area contributed by atoms with Crippen LogP contribution >= 0.6 is 11.6 Å². The molecular weight excluding hydrogens is 431 g/mol. The molecule has 4 rings (SSSR count). The van der Waals surface area contributed by atoms with Crippen molar-refractivity contribution in [3.05, 3.63) is 82.3 Å². The highest BCUT2D eigenvalue weighted by Gasteiger charge is 2.18. The van der Waals surface area contributed by atoms with E-state index in [1.54, 1.807) is 30.3 Å². The lowest BCUT2D eigenvalue weighted by Crippen LogP contribution is -2.34. The Morgan fingerprint density at radius 3 is 2.75 bits per heavy atom. The van der Waals surface area contributed by atoms with E-state index in [1.165, 1.54) is 6.92 Å². The molecule has 1 aromatic heterocycles. The standard InChI is InChI=1S/C25H24ClFN2O3/c1-17(30)31-14-13-29-12-11-23-18(15-29)9-10-24(28-23)32-16-19-5-4-7-21(25(19)27)20-6-2-3-8-22(20)26/h2-10H,11-16H2,1H3. The molecule has 166 valence electrons. The van der Waals surface area contributed by atoms with Crippen LogP contribution in [0.25, 0.3) is 11.1 Å². The zero-order valence-electron chi connectivity index (χ0n) is 17.8. The molecule has 32 heavy (non-hydrogen) atoms. The Labute approximate surface area is 191 Å². The van der Waals surface area contributed by atoms with Crippen LogP contribution in [-0.4, -0.2) is 35.5 Å². The normalized spacial score (nSPS) is 13.5. The second-order valence-electron chi connectivity index (χ2n) is 7.67. The first kappa shape index (κ1) is 22.2. The molecule has 0 N–H and O–H groups in total. The fourth-order valence-electron chi connectivity index (χ4n) is 3.77. The molecule has 2 heterocycles. The molecule has 0 saturated heterocycles. The Morgan fingerprint density at radius 2 is 1.94 bits per heavy atom. The van der Waals surface area contributed by atoms with Crippen LogP contribution in [0.5, 0.6) is 5.88 Å². The van der Waals surface area contributed by atoms with Crippen LogP contribution < -0.4 is 4.74 Å². The van der Waals surface area contributed by atoms with Crippen molar-refractivity contribution in [2.45, 2.75) is 26.5 Å². The van der Waals surface area contributed by atoms with E-state index in [-0.39, 0.29) is 18.4 Å². The van der Waals surface area contributed by atoms with Crippen molar-refractivity contribution in [2.24, 2.45) is 0 Å². The molecule has 0 saturated carbocycles. The molecular formula is C25H24ClFN2O3. The Hall–Kier alpha value is -2.96. The summed E-state index contributed by atoms with van der Waals surface area (Å²) in [6.45, 7) is 4.15. The van der Waals surface area contributed by atoms with Gasteiger partial charge in [0, 0.05) is 60.8 Å². The van der Waals surface area contributed by atoms with Gasteiger partial charge in [0.1, 0.15) is 19.0 Å². The summed E-state index contributed by atoms with van der Waals surface area (Å²) in [4.78, 5) is 17.8. The maximum absolute atomic E-state index is 15.1. The van der Waals surface area contributed by atoms with E-state index < -0.39 is 0 Å². The van der Waals surface area contributed by atoms with Crippen LogP contribution in [0.4, 0.5) is 4.39 Å². The average molecular weight is 455 g/mol. The van der Waals surface area contributed by atoms with Crippen molar-refractivity contribution in [3.8, 4) is 17.0 Å². The summed E-state index contributed by atoms with van der Waals surface area (Å²) in [6.07, 6.45) is 0.781. The predicted molar refractivity (Wildman–Crippen MR) is 121 cm³/mol. The lowest BCUT2D eigenvalue weighted by molar-refractivity contribution is -0.141. The first-order chi connectivity index (χ1) is 15.5. The number of halogens is 2. The number of nitrogens with zero attached hydrogens (tertiary/aromatic N) is 2. The number of hydrogen-bond acceptors (Lipinski definition) is 5. The third kappa shape index (κ3) is 5.26. The smallest absolute Gasteiger partial charge is 0.302 e. The second kappa shape index (κ2) is 10.1. The van der Waals surface area contributed by atoms with Crippen LogP contribution in [0.1, 0.15) is 23.7 Å². The van der Waals surface area contributed by atoms with E-state index in [2.05, 4.69) is 9.88 Å². The van der Waals surface area contributed by atoms with Crippen LogP contribution in [0.3, 0.4) is 0 Å². The zero-order chi connectivity index (χ0) is 22.5. The molecule has 7 heteroatoms. The minimum atomic E-state index is -0.345. The van der Waals surface area contributed by atoms with E-state index in [1.807, 2.05) is 24.3 Å². The molecule has 0 bridgehead atoms. The van der Waals surface area contributed by atoms with Crippen molar-refractivity contribution in [1.82, 2.24) is 9.88 Å². The molecule has 3 aromatic rings. The van der Waals surface area contributed by atoms with Gasteiger partial charge in [-0.05, 0) is 11.6 Å². The number of aromatic nitrogens is 1. The number of hydrogen-bond donors (Lipinski definition) is 0. The monoisotopic (exact) mass is 454 g/mol. The third-order valence-corrected chi connectivity index (χ3v) is 5.76. The molecule has 0 amide bonds. The number of carbonyl (C=O) groups is 1. The largest absolute Gasteiger partial charge is 0.473 e. The number of pyridine rings is 1. The highest BCUT2D eigenvalue weighted by molar-refractivity contribution is 6.33. The van der Waals surface area contributed by atoms with Gasteiger partial charge < -0.3 is 9.47 Å². The van der Waals surface area contributed by atoms with Gasteiger partial charge >= 0.3 is 5.97 Å². The average Bonchev–Trinajstić information content (AvgIpc) is 2.79. The van der Waals surface area contributed by atoms with Crippen molar-refractivity contribution >= 4 is 17.6 Å². The van der Waals surface area contributed by atoms with Crippen LogP contribution in [0, 0.1) is 5.82 Å². The fraction of sp³-hybridized carbons (Fsp3) is 0.280. The Balaban J connectivity index is 1.41. The van der Waals surface area contributed by atoms with E-state index in [0.29, 0.717) is 40.7 Å². The molecule has 0 radical (unpaired) electrons. The summed E-state index contributed by atoms with van der Waals surface area (Å²) in [5.74, 6) is -0.138. The molecule has 0 unspecified atom stereocenters. The summed E-state index contributed by atoms with van der Waals surface area (Å²) >= 11 is 6.24. The van der Waals surface area contributed by atoms with Crippen molar-refractivity contribution < 1.29 is 18.7 Å². The minimum absolute atomic E-state index is 0.0738. The van der Waals surface area contributed by atoms with Gasteiger partial charge in [-0.25, -0.2) is 9.37 Å². The molecule has 1 aliphatic rings. The van der Waals surface area contributed by atoms with Crippen LogP contribution in [0.15, 0.2) is 54.6 Å². The summed E-state index contributed by atoms with van der Waals surface area (Å²) < 4.78 is 26.0. The third-order valence-electron chi connectivity index (χ3n) is 5.43. The molecule has 0 fully saturated rings. The quantitative estimate of drug-likeness (QED) is 0.468. The maximum Gasteiger partial charge on any atom is 0.302 e. The van der Waals surface area contributed by atoms with Crippen molar-refractivity contribution in [1.29, 1.82) is 0 Å². The van der Waals surface area contributed by atoms with Crippen molar-refractivity contribution in [2.75, 3.05) is 19.7 Å². The number of carbonyl (C=O) groups excluding carboxylic acids is 1. The molecule has 0 spiro atoms. The second-order valence-corrected chi connectivity index (χ2v) is 8.08. The van der Waals surface area contributed by atoms with Gasteiger partial charge in [-0.15, -0.1) is 0 Å². The molecule has 2 aromatic carbocycles. The molecule has 0 aliphatic carbocycles. The van der Waals surface area contributed by atoms with E-state index >= 15 is 4.39 Å². The van der Waals surface area contributed by atoms with Gasteiger partial charge in [-0.2, -0.15) is 0 Å². The summed E-state index contributed by atoms with van der Waals surface area (Å²) in [5.41, 5.74) is 3.65. The Morgan fingerprint density at radius 1 is 1.12 bits per heavy atom. The number of fused-ring (bicyclic) bond motifs is 1. The van der Waals surface area contributed by atoms with E-state index in [0.717, 1.165) is 30.8 Å². The number of rotatable bonds is 7. The first-order valence-corrected chi connectivity index (χ1v) is 10.9. The molecule has 0 atom stereocenters. The van der Waals surface area contributed by atoms with E-state index in [4.69, 9.17) is 21.1 Å². The van der Waals surface area contributed by atoms with Gasteiger partial charge in [0.25, 0.3) is 0 Å². The summed E-state index contributed by atoms with van der Waals surface area (Å²) in [7, 11) is 0. The van der Waals surface area contributed by atoms with Crippen LogP contribution in [0.2, 0.25) is 5.02 Å². The highest BCUT2D eigenvalue weighted by atomic mass is 35.5. The van der Waals surface area contributed by atoms with Crippen LogP contribution in [-0.2, 0) is 29.1 Å². The lowest BCUT2D eigenvalue weighted by atomic mass is 10.0. The van der Waals surface area contributed by atoms with Gasteiger partial charge in [0.05, 0.1) is 5.69 Å². The van der Waals surface area contributed by atoms with Crippen molar-refractivity contribution in [3.63, 3.8) is 0 Å². The SMILES string of the molecule is CC(=O)OCCN1CCc2nc(OCc3cccc(-c4ccccc4Cl)c3F)ccc2C1. The maximum atomic E-state index is 15.1. The fourth-order valence-corrected chi connectivity index (χ4v) is 4.01. The van der Waals surface area contributed by atoms with E-state index in [9.17, 15) is 4.79 Å². The summed E-state index contributed by atoms with van der Waals surface area (Å²) in [5, 5.41) is 0.503. The minimum Gasteiger partial charge on any atom is -0.473 e. The Bertz CT molecular complexity index is 1120. The zero-order valence-corrected chi connectivity index (χ0v) is 18.6. The highest BCUT2D eigenvalue weighted by Crippen LogP contribution is 2.31.